The van der Waals surface area contributed by atoms with Gasteiger partial charge in [-0.15, -0.1) is 0 Å². The average Bonchev–Trinajstić information content (AvgIpc) is 2.40. The van der Waals surface area contributed by atoms with Gasteiger partial charge in [-0.25, -0.2) is 5.43 Å². The van der Waals surface area contributed by atoms with Gasteiger partial charge in [0.05, 0.1) is 0 Å². The summed E-state index contributed by atoms with van der Waals surface area (Å²) in [6.07, 6.45) is 7.44. The predicted octanol–water partition coefficient (Wildman–Crippen LogP) is 2.40. The van der Waals surface area contributed by atoms with Crippen molar-refractivity contribution >= 4 is 11.6 Å². The molecule has 0 unspecified atom stereocenters. The van der Waals surface area contributed by atoms with Crippen LogP contribution in [0.5, 0.6) is 0 Å². The molecule has 0 spiro atoms. The number of hydrogen-bond donors (Lipinski definition) is 1. The lowest BCUT2D eigenvalue weighted by atomic mass is 9.86. The van der Waals surface area contributed by atoms with Gasteiger partial charge in [0.25, 0.3) is 0 Å². The predicted molar refractivity (Wildman–Crippen MR) is 78.0 cm³/mol. The monoisotopic (exact) mass is 265 g/mol. The van der Waals surface area contributed by atoms with E-state index in [4.69, 9.17) is 0 Å². The van der Waals surface area contributed by atoms with E-state index in [1.165, 1.54) is 57.8 Å². The van der Waals surface area contributed by atoms with Crippen LogP contribution in [0.15, 0.2) is 5.10 Å². The summed E-state index contributed by atoms with van der Waals surface area (Å²) in [5.41, 5.74) is 3.83. The third-order valence-corrected chi connectivity index (χ3v) is 4.42. The van der Waals surface area contributed by atoms with Crippen molar-refractivity contribution in [2.75, 3.05) is 19.6 Å². The zero-order valence-electron chi connectivity index (χ0n) is 12.3. The highest BCUT2D eigenvalue weighted by atomic mass is 16.2. The highest BCUT2D eigenvalue weighted by Gasteiger charge is 2.25. The largest absolute Gasteiger partial charge is 0.303 e. The SMILES string of the molecule is CC(=O)N/N=C1/CCCC[C@@H]1CN1CCC(C)CC1. The lowest BCUT2D eigenvalue weighted by Crippen LogP contribution is -2.40. The van der Waals surface area contributed by atoms with Crippen LogP contribution >= 0.6 is 0 Å². The Kier molecular flexibility index (Phi) is 5.37. The first-order valence-corrected chi connectivity index (χ1v) is 7.70. The molecular formula is C15H27N3O. The van der Waals surface area contributed by atoms with Crippen LogP contribution in [-0.4, -0.2) is 36.2 Å². The summed E-state index contributed by atoms with van der Waals surface area (Å²) in [5.74, 6) is 1.37. The second kappa shape index (κ2) is 7.04. The lowest BCUT2D eigenvalue weighted by Gasteiger charge is -2.34. The normalized spacial score (nSPS) is 28.5. The van der Waals surface area contributed by atoms with E-state index in [1.54, 1.807) is 0 Å². The summed E-state index contributed by atoms with van der Waals surface area (Å²) in [6.45, 7) is 7.46. The molecule has 0 bridgehead atoms. The first kappa shape index (κ1) is 14.5. The van der Waals surface area contributed by atoms with Crippen molar-refractivity contribution in [3.8, 4) is 0 Å². The van der Waals surface area contributed by atoms with Gasteiger partial charge in [-0.2, -0.15) is 5.10 Å². The molecule has 19 heavy (non-hydrogen) atoms. The van der Waals surface area contributed by atoms with E-state index in [2.05, 4.69) is 22.4 Å². The van der Waals surface area contributed by atoms with E-state index in [-0.39, 0.29) is 5.91 Å². The molecule has 1 atom stereocenters. The van der Waals surface area contributed by atoms with E-state index in [1.807, 2.05) is 0 Å². The van der Waals surface area contributed by atoms with Crippen molar-refractivity contribution in [2.45, 2.75) is 52.4 Å². The van der Waals surface area contributed by atoms with Crippen LogP contribution in [0.1, 0.15) is 52.4 Å². The molecule has 0 radical (unpaired) electrons. The fourth-order valence-corrected chi connectivity index (χ4v) is 3.12. The van der Waals surface area contributed by atoms with Crippen LogP contribution in [0.25, 0.3) is 0 Å². The minimum absolute atomic E-state index is 0.0661. The number of carbonyl (C=O) groups excluding carboxylic acids is 1. The van der Waals surface area contributed by atoms with Crippen molar-refractivity contribution in [2.24, 2.45) is 16.9 Å². The second-order valence-electron chi connectivity index (χ2n) is 6.20. The summed E-state index contributed by atoms with van der Waals surface area (Å²) in [7, 11) is 0. The molecular weight excluding hydrogens is 238 g/mol. The summed E-state index contributed by atoms with van der Waals surface area (Å²) < 4.78 is 0. The van der Waals surface area contributed by atoms with Crippen LogP contribution in [0.4, 0.5) is 0 Å². The number of hydrogen-bond acceptors (Lipinski definition) is 3. The maximum atomic E-state index is 11.0. The van der Waals surface area contributed by atoms with Crippen LogP contribution < -0.4 is 5.43 Å². The van der Waals surface area contributed by atoms with Gasteiger partial charge in [0.1, 0.15) is 0 Å². The molecule has 2 aliphatic rings. The molecule has 0 aromatic rings. The Bertz CT molecular complexity index is 332. The quantitative estimate of drug-likeness (QED) is 0.796. The fraction of sp³-hybridized carbons (Fsp3) is 0.867. The Balaban J connectivity index is 1.88. The first-order valence-electron chi connectivity index (χ1n) is 7.70. The molecule has 1 saturated carbocycles. The minimum atomic E-state index is -0.0661. The third-order valence-electron chi connectivity index (χ3n) is 4.42. The van der Waals surface area contributed by atoms with E-state index in [0.29, 0.717) is 5.92 Å². The summed E-state index contributed by atoms with van der Waals surface area (Å²) >= 11 is 0. The topological polar surface area (TPSA) is 44.7 Å². The highest BCUT2D eigenvalue weighted by molar-refractivity contribution is 5.88. The van der Waals surface area contributed by atoms with Crippen LogP contribution in [0.2, 0.25) is 0 Å². The number of piperidine rings is 1. The maximum Gasteiger partial charge on any atom is 0.236 e. The van der Waals surface area contributed by atoms with Crippen LogP contribution in [-0.2, 0) is 4.79 Å². The van der Waals surface area contributed by atoms with Crippen LogP contribution in [0, 0.1) is 11.8 Å². The van der Waals surface area contributed by atoms with Crippen molar-refractivity contribution in [1.82, 2.24) is 10.3 Å². The van der Waals surface area contributed by atoms with E-state index in [9.17, 15) is 4.79 Å². The molecule has 4 nitrogen and oxygen atoms in total. The minimum Gasteiger partial charge on any atom is -0.303 e. The molecule has 1 heterocycles. The fourth-order valence-electron chi connectivity index (χ4n) is 3.12. The van der Waals surface area contributed by atoms with Crippen molar-refractivity contribution in [3.63, 3.8) is 0 Å². The zero-order valence-corrected chi connectivity index (χ0v) is 12.3. The Morgan fingerprint density at radius 3 is 2.74 bits per heavy atom. The number of hydrazone groups is 1. The molecule has 2 fully saturated rings. The summed E-state index contributed by atoms with van der Waals surface area (Å²) in [6, 6.07) is 0. The third kappa shape index (κ3) is 4.60. The molecule has 1 amide bonds. The van der Waals surface area contributed by atoms with Crippen molar-refractivity contribution < 1.29 is 4.79 Å². The Labute approximate surface area is 116 Å². The number of rotatable bonds is 3. The maximum absolute atomic E-state index is 11.0. The second-order valence-corrected chi connectivity index (χ2v) is 6.20. The molecule has 1 aliphatic carbocycles. The zero-order chi connectivity index (χ0) is 13.7. The molecule has 4 heteroatoms. The van der Waals surface area contributed by atoms with Crippen molar-refractivity contribution in [3.05, 3.63) is 0 Å². The number of likely N-dealkylation sites (tertiary alicyclic amines) is 1. The number of nitrogens with one attached hydrogen (secondary N) is 1. The van der Waals surface area contributed by atoms with E-state index >= 15 is 0 Å². The molecule has 2 rings (SSSR count). The van der Waals surface area contributed by atoms with Gasteiger partial charge in [0, 0.05) is 25.1 Å². The van der Waals surface area contributed by atoms with Crippen molar-refractivity contribution in [1.29, 1.82) is 0 Å². The molecule has 1 saturated heterocycles. The molecule has 1 aliphatic heterocycles. The van der Waals surface area contributed by atoms with Gasteiger partial charge in [-0.3, -0.25) is 4.79 Å². The van der Waals surface area contributed by atoms with Gasteiger partial charge >= 0.3 is 0 Å². The van der Waals surface area contributed by atoms with Gasteiger partial charge in [0.15, 0.2) is 0 Å². The number of carbonyl (C=O) groups is 1. The summed E-state index contributed by atoms with van der Waals surface area (Å²) in [4.78, 5) is 13.6. The van der Waals surface area contributed by atoms with Crippen LogP contribution in [0.3, 0.4) is 0 Å². The molecule has 0 aromatic heterocycles. The average molecular weight is 265 g/mol. The Morgan fingerprint density at radius 2 is 2.05 bits per heavy atom. The molecule has 108 valence electrons. The molecule has 1 N–H and O–H groups in total. The Morgan fingerprint density at radius 1 is 1.32 bits per heavy atom. The Hall–Kier alpha value is -0.900. The first-order chi connectivity index (χ1) is 9.15. The van der Waals surface area contributed by atoms with Gasteiger partial charge in [-0.05, 0) is 51.1 Å². The highest BCUT2D eigenvalue weighted by Crippen LogP contribution is 2.25. The summed E-state index contributed by atoms with van der Waals surface area (Å²) in [5, 5.41) is 4.34. The lowest BCUT2D eigenvalue weighted by molar-refractivity contribution is -0.118. The number of nitrogens with zero attached hydrogens (tertiary/aromatic N) is 2. The number of amides is 1. The van der Waals surface area contributed by atoms with Gasteiger partial charge in [-0.1, -0.05) is 13.3 Å². The van der Waals surface area contributed by atoms with E-state index in [0.717, 1.165) is 18.9 Å². The molecule has 0 aromatic carbocycles. The van der Waals surface area contributed by atoms with Gasteiger partial charge < -0.3 is 4.90 Å². The van der Waals surface area contributed by atoms with E-state index < -0.39 is 0 Å². The van der Waals surface area contributed by atoms with Gasteiger partial charge in [0.2, 0.25) is 5.91 Å². The smallest absolute Gasteiger partial charge is 0.236 e. The standard InChI is InChI=1S/C15H27N3O/c1-12-7-9-18(10-8-12)11-14-5-3-4-6-15(14)17-16-13(2)19/h12,14H,3-11H2,1-2H3,(H,16,19)/b17-15-/t14-/m1/s1.